The van der Waals surface area contributed by atoms with Crippen molar-refractivity contribution in [3.63, 3.8) is 0 Å². The minimum atomic E-state index is -1.14. The van der Waals surface area contributed by atoms with E-state index in [2.05, 4.69) is 0 Å². The second kappa shape index (κ2) is 5.99. The lowest BCUT2D eigenvalue weighted by atomic mass is 10.1. The molecule has 0 bridgehead atoms. The van der Waals surface area contributed by atoms with E-state index in [-0.39, 0.29) is 17.3 Å². The molecule has 0 aromatic heterocycles. The number of rotatable bonds is 5. The maximum absolute atomic E-state index is 10.9. The summed E-state index contributed by atoms with van der Waals surface area (Å²) < 4.78 is 0. The SMILES string of the molecule is CC(C)N(C)c1ccc([N+](=O)[O-])c(/C=C/C(=O)O)c1. The second-order valence-electron chi connectivity index (χ2n) is 4.38. The highest BCUT2D eigenvalue weighted by atomic mass is 16.6. The van der Waals surface area contributed by atoms with Gasteiger partial charge in [-0.1, -0.05) is 0 Å². The third-order valence-corrected chi connectivity index (χ3v) is 2.80. The maximum Gasteiger partial charge on any atom is 0.328 e. The number of nitro benzene ring substituents is 1. The number of nitrogens with zero attached hydrogens (tertiary/aromatic N) is 2. The van der Waals surface area contributed by atoms with Gasteiger partial charge in [0, 0.05) is 30.9 Å². The number of carboxylic acid groups (broad SMARTS) is 1. The van der Waals surface area contributed by atoms with Crippen molar-refractivity contribution < 1.29 is 14.8 Å². The van der Waals surface area contributed by atoms with Crippen LogP contribution in [0.3, 0.4) is 0 Å². The molecule has 0 aliphatic carbocycles. The van der Waals surface area contributed by atoms with Crippen LogP contribution in [0.1, 0.15) is 19.4 Å². The first-order valence-electron chi connectivity index (χ1n) is 5.75. The van der Waals surface area contributed by atoms with Gasteiger partial charge in [0.05, 0.1) is 10.5 Å². The molecule has 102 valence electrons. The smallest absolute Gasteiger partial charge is 0.328 e. The minimum absolute atomic E-state index is 0.113. The van der Waals surface area contributed by atoms with Gasteiger partial charge in [0.15, 0.2) is 0 Å². The number of nitro groups is 1. The Morgan fingerprint density at radius 2 is 2.11 bits per heavy atom. The summed E-state index contributed by atoms with van der Waals surface area (Å²) in [5.41, 5.74) is 0.960. The number of carboxylic acids is 1. The van der Waals surface area contributed by atoms with Crippen LogP contribution in [0.15, 0.2) is 24.3 Å². The van der Waals surface area contributed by atoms with Gasteiger partial charge in [0.2, 0.25) is 0 Å². The number of hydrogen-bond acceptors (Lipinski definition) is 4. The Morgan fingerprint density at radius 1 is 1.47 bits per heavy atom. The molecule has 0 saturated heterocycles. The van der Waals surface area contributed by atoms with Gasteiger partial charge in [-0.25, -0.2) is 4.79 Å². The normalized spacial score (nSPS) is 10.9. The summed E-state index contributed by atoms with van der Waals surface area (Å²) in [5, 5.41) is 19.5. The van der Waals surface area contributed by atoms with E-state index in [1.165, 1.54) is 12.1 Å². The summed E-state index contributed by atoms with van der Waals surface area (Å²) in [6.07, 6.45) is 2.12. The van der Waals surface area contributed by atoms with Crippen molar-refractivity contribution in [1.29, 1.82) is 0 Å². The van der Waals surface area contributed by atoms with E-state index in [1.807, 2.05) is 25.8 Å². The molecule has 1 aromatic rings. The lowest BCUT2D eigenvalue weighted by Gasteiger charge is -2.24. The molecule has 0 unspecified atom stereocenters. The molecule has 19 heavy (non-hydrogen) atoms. The Hall–Kier alpha value is -2.37. The minimum Gasteiger partial charge on any atom is -0.478 e. The predicted octanol–water partition coefficient (Wildman–Crippen LogP) is 2.54. The van der Waals surface area contributed by atoms with Crippen molar-refractivity contribution in [1.82, 2.24) is 0 Å². The van der Waals surface area contributed by atoms with E-state index in [0.29, 0.717) is 0 Å². The zero-order chi connectivity index (χ0) is 14.6. The molecule has 1 aromatic carbocycles. The zero-order valence-corrected chi connectivity index (χ0v) is 11.0. The number of carbonyl (C=O) groups is 1. The topological polar surface area (TPSA) is 83.7 Å². The Balaban J connectivity index is 3.25. The van der Waals surface area contributed by atoms with E-state index in [1.54, 1.807) is 12.1 Å². The van der Waals surface area contributed by atoms with Gasteiger partial charge >= 0.3 is 5.97 Å². The molecule has 0 aliphatic rings. The van der Waals surface area contributed by atoms with E-state index in [0.717, 1.165) is 11.8 Å². The molecule has 0 heterocycles. The Bertz CT molecular complexity index is 523. The Labute approximate surface area is 111 Å². The molecular weight excluding hydrogens is 248 g/mol. The molecular formula is C13H16N2O4. The largest absolute Gasteiger partial charge is 0.478 e. The summed E-state index contributed by atoms with van der Waals surface area (Å²) in [4.78, 5) is 22.8. The van der Waals surface area contributed by atoms with Crippen molar-refractivity contribution in [2.75, 3.05) is 11.9 Å². The van der Waals surface area contributed by atoms with Crippen molar-refractivity contribution in [3.8, 4) is 0 Å². The molecule has 0 amide bonds. The van der Waals surface area contributed by atoms with Crippen LogP contribution in [0.2, 0.25) is 0 Å². The fourth-order valence-electron chi connectivity index (χ4n) is 1.52. The molecule has 1 rings (SSSR count). The van der Waals surface area contributed by atoms with Crippen LogP contribution in [0.4, 0.5) is 11.4 Å². The average molecular weight is 264 g/mol. The van der Waals surface area contributed by atoms with Gasteiger partial charge in [-0.05, 0) is 32.1 Å². The van der Waals surface area contributed by atoms with Crippen molar-refractivity contribution in [2.24, 2.45) is 0 Å². The molecule has 0 saturated carbocycles. The Morgan fingerprint density at radius 3 is 2.58 bits per heavy atom. The maximum atomic E-state index is 10.9. The number of benzene rings is 1. The van der Waals surface area contributed by atoms with Gasteiger partial charge in [0.1, 0.15) is 0 Å². The van der Waals surface area contributed by atoms with Crippen LogP contribution in [0.5, 0.6) is 0 Å². The van der Waals surface area contributed by atoms with Crippen LogP contribution >= 0.6 is 0 Å². The fourth-order valence-corrected chi connectivity index (χ4v) is 1.52. The van der Waals surface area contributed by atoms with E-state index >= 15 is 0 Å². The van der Waals surface area contributed by atoms with Crippen LogP contribution in [0.25, 0.3) is 6.08 Å². The van der Waals surface area contributed by atoms with Crippen LogP contribution in [-0.4, -0.2) is 29.1 Å². The third-order valence-electron chi connectivity index (χ3n) is 2.80. The molecule has 0 aliphatic heterocycles. The van der Waals surface area contributed by atoms with Gasteiger partial charge in [-0.2, -0.15) is 0 Å². The van der Waals surface area contributed by atoms with E-state index in [9.17, 15) is 14.9 Å². The van der Waals surface area contributed by atoms with Gasteiger partial charge < -0.3 is 10.0 Å². The molecule has 1 N–H and O–H groups in total. The summed E-state index contributed by atoms with van der Waals surface area (Å²) in [5.74, 6) is -1.14. The quantitative estimate of drug-likeness (QED) is 0.502. The van der Waals surface area contributed by atoms with Crippen LogP contribution < -0.4 is 4.90 Å². The first-order valence-corrected chi connectivity index (χ1v) is 5.75. The first-order chi connectivity index (χ1) is 8.82. The van der Waals surface area contributed by atoms with E-state index < -0.39 is 10.9 Å². The molecule has 6 nitrogen and oxygen atoms in total. The molecule has 0 radical (unpaired) electrons. The summed E-state index contributed by atoms with van der Waals surface area (Å²) in [6.45, 7) is 3.99. The van der Waals surface area contributed by atoms with E-state index in [4.69, 9.17) is 5.11 Å². The molecule has 0 spiro atoms. The highest BCUT2D eigenvalue weighted by molar-refractivity contribution is 5.86. The monoisotopic (exact) mass is 264 g/mol. The van der Waals surface area contributed by atoms with Gasteiger partial charge in [-0.15, -0.1) is 0 Å². The number of anilines is 1. The predicted molar refractivity (Wildman–Crippen MR) is 73.3 cm³/mol. The van der Waals surface area contributed by atoms with Crippen molar-refractivity contribution >= 4 is 23.4 Å². The van der Waals surface area contributed by atoms with Crippen LogP contribution in [-0.2, 0) is 4.79 Å². The van der Waals surface area contributed by atoms with Crippen LogP contribution in [0, 0.1) is 10.1 Å². The molecule has 6 heteroatoms. The molecule has 0 atom stereocenters. The van der Waals surface area contributed by atoms with Gasteiger partial charge in [0.25, 0.3) is 5.69 Å². The summed E-state index contributed by atoms with van der Waals surface area (Å²) >= 11 is 0. The Kier molecular flexibility index (Phi) is 4.63. The zero-order valence-electron chi connectivity index (χ0n) is 11.0. The van der Waals surface area contributed by atoms with Crippen molar-refractivity contribution in [3.05, 3.63) is 40.0 Å². The first kappa shape index (κ1) is 14.7. The summed E-state index contributed by atoms with van der Waals surface area (Å²) in [7, 11) is 1.87. The molecule has 0 fully saturated rings. The average Bonchev–Trinajstić information content (AvgIpc) is 2.34. The second-order valence-corrected chi connectivity index (χ2v) is 4.38. The van der Waals surface area contributed by atoms with Crippen molar-refractivity contribution in [2.45, 2.75) is 19.9 Å². The third kappa shape index (κ3) is 3.80. The number of hydrogen-bond donors (Lipinski definition) is 1. The lowest BCUT2D eigenvalue weighted by Crippen LogP contribution is -2.25. The summed E-state index contributed by atoms with van der Waals surface area (Å²) in [6, 6.07) is 4.88. The number of aliphatic carboxylic acids is 1. The standard InChI is InChI=1S/C13H16N2O4/c1-9(2)14(3)11-5-6-12(15(18)19)10(8-11)4-7-13(16)17/h4-9H,1-3H3,(H,16,17)/b7-4+. The highest BCUT2D eigenvalue weighted by Crippen LogP contribution is 2.26. The van der Waals surface area contributed by atoms with Gasteiger partial charge in [-0.3, -0.25) is 10.1 Å². The highest BCUT2D eigenvalue weighted by Gasteiger charge is 2.14. The lowest BCUT2D eigenvalue weighted by molar-refractivity contribution is -0.385. The fraction of sp³-hybridized carbons (Fsp3) is 0.308.